The summed E-state index contributed by atoms with van der Waals surface area (Å²) in [5.41, 5.74) is 17.1. The maximum atomic E-state index is 2.55. The number of para-hydroxylation sites is 9. The van der Waals surface area contributed by atoms with E-state index in [2.05, 4.69) is 272 Å². The van der Waals surface area contributed by atoms with Crippen LogP contribution in [0.15, 0.2) is 249 Å². The zero-order chi connectivity index (χ0) is 46.3. The average molecular weight is 904 g/mol. The molecule has 71 heavy (non-hydrogen) atoms. The fourth-order valence-electron chi connectivity index (χ4n) is 12.4. The molecule has 0 radical (unpaired) electrons. The lowest BCUT2D eigenvalue weighted by Gasteiger charge is -2.19. The van der Waals surface area contributed by atoms with Gasteiger partial charge in [-0.15, -0.1) is 0 Å². The van der Waals surface area contributed by atoms with E-state index < -0.39 is 0 Å². The van der Waals surface area contributed by atoms with Gasteiger partial charge in [-0.25, -0.2) is 0 Å². The molecular formula is C66H41N5. The second-order valence-corrected chi connectivity index (χ2v) is 18.9. The molecule has 0 unspecified atom stereocenters. The third-order valence-electron chi connectivity index (χ3n) is 15.2. The van der Waals surface area contributed by atoms with Gasteiger partial charge in [0.2, 0.25) is 0 Å². The van der Waals surface area contributed by atoms with Gasteiger partial charge in [-0.05, 0) is 84.9 Å². The highest BCUT2D eigenvalue weighted by molar-refractivity contribution is 6.17. The van der Waals surface area contributed by atoms with Gasteiger partial charge >= 0.3 is 0 Å². The Hall–Kier alpha value is -9.58. The maximum Gasteiger partial charge on any atom is 0.0784 e. The Balaban J connectivity index is 1.10. The van der Waals surface area contributed by atoms with Crippen molar-refractivity contribution in [2.45, 2.75) is 0 Å². The van der Waals surface area contributed by atoms with Crippen molar-refractivity contribution in [3.05, 3.63) is 249 Å². The van der Waals surface area contributed by atoms with Crippen molar-refractivity contribution < 1.29 is 0 Å². The normalized spacial score (nSPS) is 12.2. The van der Waals surface area contributed by atoms with Gasteiger partial charge in [0.1, 0.15) is 0 Å². The van der Waals surface area contributed by atoms with Crippen molar-refractivity contribution in [3.8, 4) is 28.4 Å². The molecule has 11 aromatic carbocycles. The van der Waals surface area contributed by atoms with Crippen molar-refractivity contribution in [1.29, 1.82) is 0 Å². The molecule has 0 spiro atoms. The van der Waals surface area contributed by atoms with Gasteiger partial charge in [0.05, 0.1) is 77.9 Å². The highest BCUT2D eigenvalue weighted by Crippen LogP contribution is 2.44. The van der Waals surface area contributed by atoms with Crippen LogP contribution in [-0.2, 0) is 0 Å². The molecule has 5 heteroatoms. The summed E-state index contributed by atoms with van der Waals surface area (Å²) in [5.74, 6) is 0. The molecule has 330 valence electrons. The van der Waals surface area contributed by atoms with Gasteiger partial charge in [-0.3, -0.25) is 0 Å². The standard InChI is InChI=1S/C66H41N5/c1-10-28-56-46(19-1)47-20-2-11-29-57(47)67(56)42-37-43(68-58-30-12-3-21-48(58)49-22-4-13-31-59(49)68)39-44(38-42)70-62-34-16-9-27-54(62)55-40-45(69-60-32-14-5-23-50(60)51-24-6-15-33-61(51)69)41-65(66(55)70)71-63-35-17-7-25-52(63)53-26-8-18-36-64(53)71/h1-41H. The third-order valence-corrected chi connectivity index (χ3v) is 15.2. The van der Waals surface area contributed by atoms with E-state index in [9.17, 15) is 0 Å². The molecule has 0 aliphatic heterocycles. The van der Waals surface area contributed by atoms with Crippen LogP contribution in [0.2, 0.25) is 0 Å². The average Bonchev–Trinajstić information content (AvgIpc) is 4.23. The van der Waals surface area contributed by atoms with Gasteiger partial charge < -0.3 is 22.8 Å². The first kappa shape index (κ1) is 38.4. The summed E-state index contributed by atoms with van der Waals surface area (Å²) in [6, 6.07) is 91.9. The Kier molecular flexibility index (Phi) is 7.82. The molecule has 5 nitrogen and oxygen atoms in total. The predicted molar refractivity (Wildman–Crippen MR) is 298 cm³/mol. The minimum Gasteiger partial charge on any atom is -0.309 e. The van der Waals surface area contributed by atoms with Crippen molar-refractivity contribution in [1.82, 2.24) is 22.8 Å². The Labute approximate surface area is 407 Å². The quantitative estimate of drug-likeness (QED) is 0.164. The zero-order valence-electron chi connectivity index (χ0n) is 38.4. The van der Waals surface area contributed by atoms with Crippen LogP contribution in [0.1, 0.15) is 0 Å². The molecule has 16 rings (SSSR count). The first-order valence-corrected chi connectivity index (χ1v) is 24.4. The summed E-state index contributed by atoms with van der Waals surface area (Å²) >= 11 is 0. The van der Waals surface area contributed by atoms with Crippen molar-refractivity contribution in [2.24, 2.45) is 0 Å². The first-order chi connectivity index (χ1) is 35.3. The molecular weight excluding hydrogens is 863 g/mol. The highest BCUT2D eigenvalue weighted by Gasteiger charge is 2.25. The largest absolute Gasteiger partial charge is 0.309 e. The minimum atomic E-state index is 1.07. The lowest BCUT2D eigenvalue weighted by molar-refractivity contribution is 1.08. The zero-order valence-corrected chi connectivity index (χ0v) is 38.4. The molecule has 0 bridgehead atoms. The summed E-state index contributed by atoms with van der Waals surface area (Å²) < 4.78 is 12.5. The molecule has 5 aromatic heterocycles. The molecule has 0 saturated heterocycles. The van der Waals surface area contributed by atoms with Crippen LogP contribution in [0.25, 0.3) is 137 Å². The predicted octanol–water partition coefficient (Wildman–Crippen LogP) is 17.2. The lowest BCUT2D eigenvalue weighted by atomic mass is 10.1. The Morgan fingerprint density at radius 2 is 0.380 bits per heavy atom. The van der Waals surface area contributed by atoms with E-state index in [-0.39, 0.29) is 0 Å². The third kappa shape index (κ3) is 5.29. The van der Waals surface area contributed by atoms with Gasteiger partial charge in [-0.1, -0.05) is 164 Å². The number of hydrogen-bond acceptors (Lipinski definition) is 0. The van der Waals surface area contributed by atoms with Gasteiger partial charge in [-0.2, -0.15) is 0 Å². The number of fused-ring (bicyclic) bond motifs is 15. The number of nitrogens with zero attached hydrogens (tertiary/aromatic N) is 5. The first-order valence-electron chi connectivity index (χ1n) is 24.4. The van der Waals surface area contributed by atoms with E-state index in [1.54, 1.807) is 0 Å². The molecule has 5 heterocycles. The molecule has 0 saturated carbocycles. The number of aromatic nitrogens is 5. The summed E-state index contributed by atoms with van der Waals surface area (Å²) in [6.45, 7) is 0. The lowest BCUT2D eigenvalue weighted by Crippen LogP contribution is -2.05. The Morgan fingerprint density at radius 1 is 0.169 bits per heavy atom. The van der Waals surface area contributed by atoms with Crippen LogP contribution < -0.4 is 0 Å². The van der Waals surface area contributed by atoms with Crippen molar-refractivity contribution in [3.63, 3.8) is 0 Å². The molecule has 0 N–H and O–H groups in total. The van der Waals surface area contributed by atoms with Crippen LogP contribution >= 0.6 is 0 Å². The molecule has 0 aliphatic rings. The molecule has 16 aromatic rings. The molecule has 0 atom stereocenters. The number of benzene rings is 11. The minimum absolute atomic E-state index is 1.07. The van der Waals surface area contributed by atoms with Crippen LogP contribution in [0.4, 0.5) is 0 Å². The van der Waals surface area contributed by atoms with E-state index in [1.165, 1.54) is 87.0 Å². The van der Waals surface area contributed by atoms with E-state index in [0.29, 0.717) is 0 Å². The van der Waals surface area contributed by atoms with E-state index in [4.69, 9.17) is 0 Å². The van der Waals surface area contributed by atoms with Crippen molar-refractivity contribution in [2.75, 3.05) is 0 Å². The van der Waals surface area contributed by atoms with E-state index in [1.807, 2.05) is 0 Å². The van der Waals surface area contributed by atoms with Crippen LogP contribution in [-0.4, -0.2) is 22.8 Å². The number of hydrogen-bond donors (Lipinski definition) is 0. The van der Waals surface area contributed by atoms with Gasteiger partial charge in [0.15, 0.2) is 0 Å². The van der Waals surface area contributed by atoms with Crippen LogP contribution in [0.5, 0.6) is 0 Å². The monoisotopic (exact) mass is 903 g/mol. The Morgan fingerprint density at radius 3 is 0.676 bits per heavy atom. The maximum absolute atomic E-state index is 2.55. The van der Waals surface area contributed by atoms with Crippen LogP contribution in [0.3, 0.4) is 0 Å². The topological polar surface area (TPSA) is 24.6 Å². The van der Waals surface area contributed by atoms with E-state index >= 15 is 0 Å². The fraction of sp³-hybridized carbons (Fsp3) is 0. The molecule has 0 amide bonds. The van der Waals surface area contributed by atoms with Crippen LogP contribution in [0, 0.1) is 0 Å². The number of rotatable bonds is 5. The Bertz CT molecular complexity index is 4550. The van der Waals surface area contributed by atoms with Crippen molar-refractivity contribution >= 4 is 109 Å². The molecule has 0 fully saturated rings. The fourth-order valence-corrected chi connectivity index (χ4v) is 12.4. The second-order valence-electron chi connectivity index (χ2n) is 18.9. The summed E-state index contributed by atoms with van der Waals surface area (Å²) in [7, 11) is 0. The second kappa shape index (κ2) is 14.5. The smallest absolute Gasteiger partial charge is 0.0784 e. The molecule has 0 aliphatic carbocycles. The van der Waals surface area contributed by atoms with E-state index in [0.717, 1.165) is 50.5 Å². The SMILES string of the molecule is c1ccc2c(c1)c1ccccc1n2-c1cc(-n2c3ccccc3c3ccccc32)cc(-n2c3ccccc3c3cc(-n4c5ccccc5c5ccccc54)cc(-n4c5ccccc5c5ccccc54)c32)c1. The van der Waals surface area contributed by atoms with Gasteiger partial charge in [0.25, 0.3) is 0 Å². The highest BCUT2D eigenvalue weighted by atomic mass is 15.1. The summed E-state index contributed by atoms with van der Waals surface area (Å²) in [4.78, 5) is 0. The summed E-state index contributed by atoms with van der Waals surface area (Å²) in [6.07, 6.45) is 0. The van der Waals surface area contributed by atoms with Gasteiger partial charge in [0, 0.05) is 59.5 Å². The summed E-state index contributed by atoms with van der Waals surface area (Å²) in [5, 5.41) is 12.2.